The van der Waals surface area contributed by atoms with E-state index >= 15 is 0 Å². The van der Waals surface area contributed by atoms with E-state index in [1.54, 1.807) is 0 Å². The largest absolute Gasteiger partial charge is 0.464 e. The molecule has 0 bridgehead atoms. The number of alkyl halides is 3. The molecule has 1 amide bonds. The van der Waals surface area contributed by atoms with Gasteiger partial charge in [0.2, 0.25) is 5.71 Å². The van der Waals surface area contributed by atoms with Gasteiger partial charge in [0.05, 0.1) is 7.11 Å². The van der Waals surface area contributed by atoms with Crippen molar-refractivity contribution in [2.24, 2.45) is 4.99 Å². The number of methoxy groups -OCH3 is 1. The summed E-state index contributed by atoms with van der Waals surface area (Å²) in [6.07, 6.45) is -6.58. The van der Waals surface area contributed by atoms with Crippen molar-refractivity contribution in [3.05, 3.63) is 0 Å². The molecule has 0 aliphatic carbocycles. The summed E-state index contributed by atoms with van der Waals surface area (Å²) in [5.41, 5.74) is -2.96. The van der Waals surface area contributed by atoms with Crippen molar-refractivity contribution in [1.29, 1.82) is 0 Å². The van der Waals surface area contributed by atoms with Gasteiger partial charge in [0.25, 0.3) is 0 Å². The fourth-order valence-corrected chi connectivity index (χ4v) is 0.697. The van der Waals surface area contributed by atoms with Crippen molar-refractivity contribution < 1.29 is 32.2 Å². The summed E-state index contributed by atoms with van der Waals surface area (Å²) in [5.74, 6) is -1.75. The number of nitrogens with zero attached hydrogens (tertiary/aromatic N) is 1. The molecule has 0 N–H and O–H groups in total. The second-order valence-electron chi connectivity index (χ2n) is 3.93. The maximum absolute atomic E-state index is 12.3. The summed E-state index contributed by atoms with van der Waals surface area (Å²) in [4.78, 5) is 24.4. The molecule has 0 rings (SSSR count). The molecule has 0 unspecified atom stereocenters. The number of carbonyl (C=O) groups excluding carboxylic acids is 2. The normalized spacial score (nSPS) is 13.2. The van der Waals surface area contributed by atoms with Crippen LogP contribution in [0.5, 0.6) is 0 Å². The summed E-state index contributed by atoms with van der Waals surface area (Å²) >= 11 is 0. The third kappa shape index (κ3) is 5.88. The fourth-order valence-electron chi connectivity index (χ4n) is 0.697. The SMILES string of the molecule is COC(=O)/C(=N\C(=O)OC(C)(C)C)C(F)(F)F. The zero-order valence-corrected chi connectivity index (χ0v) is 9.71. The topological polar surface area (TPSA) is 65.0 Å². The highest BCUT2D eigenvalue weighted by atomic mass is 19.4. The van der Waals surface area contributed by atoms with Gasteiger partial charge in [-0.25, -0.2) is 9.59 Å². The van der Waals surface area contributed by atoms with Gasteiger partial charge >= 0.3 is 18.2 Å². The average Bonchev–Trinajstić information content (AvgIpc) is 2.08. The Morgan fingerprint density at radius 1 is 1.12 bits per heavy atom. The maximum atomic E-state index is 12.3. The van der Waals surface area contributed by atoms with Crippen LogP contribution in [0.15, 0.2) is 4.99 Å². The van der Waals surface area contributed by atoms with Gasteiger partial charge in [-0.05, 0) is 20.8 Å². The lowest BCUT2D eigenvalue weighted by molar-refractivity contribution is -0.137. The van der Waals surface area contributed by atoms with E-state index in [9.17, 15) is 22.8 Å². The van der Waals surface area contributed by atoms with Gasteiger partial charge in [-0.15, -0.1) is 0 Å². The first-order chi connectivity index (χ1) is 7.47. The van der Waals surface area contributed by atoms with E-state index in [2.05, 4.69) is 14.5 Å². The van der Waals surface area contributed by atoms with Crippen LogP contribution in [-0.4, -0.2) is 36.7 Å². The number of carbonyl (C=O) groups is 2. The molecule has 0 saturated carbocycles. The predicted molar refractivity (Wildman–Crippen MR) is 51.7 cm³/mol. The molecule has 0 aliphatic heterocycles. The maximum Gasteiger partial charge on any atom is 0.440 e. The average molecular weight is 255 g/mol. The smallest absolute Gasteiger partial charge is 0.440 e. The molecule has 0 fully saturated rings. The van der Waals surface area contributed by atoms with E-state index in [1.807, 2.05) is 0 Å². The molecule has 0 aliphatic rings. The highest BCUT2D eigenvalue weighted by molar-refractivity contribution is 6.40. The van der Waals surface area contributed by atoms with Gasteiger partial charge in [0.1, 0.15) is 5.60 Å². The number of halogens is 3. The Morgan fingerprint density at radius 3 is 1.88 bits per heavy atom. The highest BCUT2D eigenvalue weighted by Crippen LogP contribution is 2.19. The van der Waals surface area contributed by atoms with E-state index in [0.29, 0.717) is 0 Å². The number of amides is 1. The van der Waals surface area contributed by atoms with Crippen LogP contribution in [0.2, 0.25) is 0 Å². The van der Waals surface area contributed by atoms with Gasteiger partial charge < -0.3 is 9.47 Å². The lowest BCUT2D eigenvalue weighted by Crippen LogP contribution is -2.34. The summed E-state index contributed by atoms with van der Waals surface area (Å²) in [6.45, 7) is 4.35. The molecule has 0 spiro atoms. The minimum atomic E-state index is -5.08. The molecular weight excluding hydrogens is 243 g/mol. The summed E-state index contributed by atoms with van der Waals surface area (Å²) < 4.78 is 45.3. The van der Waals surface area contributed by atoms with E-state index in [4.69, 9.17) is 0 Å². The Hall–Kier alpha value is -1.60. The molecule has 98 valence electrons. The van der Waals surface area contributed by atoms with Crippen molar-refractivity contribution in [3.8, 4) is 0 Å². The lowest BCUT2D eigenvalue weighted by atomic mass is 10.2. The molecule has 0 heterocycles. The zero-order chi connectivity index (χ0) is 13.9. The summed E-state index contributed by atoms with van der Waals surface area (Å²) in [5, 5.41) is 0. The van der Waals surface area contributed by atoms with Crippen LogP contribution in [-0.2, 0) is 14.3 Å². The standard InChI is InChI=1S/C9H12F3NO4/c1-8(2,3)17-7(15)13-5(6(14)16-4)9(10,11)12/h1-4H3/b13-5+. The minimum absolute atomic E-state index is 0.749. The van der Waals surface area contributed by atoms with Crippen molar-refractivity contribution >= 4 is 17.8 Å². The van der Waals surface area contributed by atoms with Gasteiger partial charge in [0, 0.05) is 0 Å². The lowest BCUT2D eigenvalue weighted by Gasteiger charge is -2.17. The Bertz CT molecular complexity index is 341. The number of ether oxygens (including phenoxy) is 2. The van der Waals surface area contributed by atoms with Crippen molar-refractivity contribution in [2.75, 3.05) is 7.11 Å². The molecule has 17 heavy (non-hydrogen) atoms. The van der Waals surface area contributed by atoms with Crippen molar-refractivity contribution in [2.45, 2.75) is 32.5 Å². The van der Waals surface area contributed by atoms with E-state index in [1.165, 1.54) is 20.8 Å². The van der Waals surface area contributed by atoms with Crippen LogP contribution in [0.4, 0.5) is 18.0 Å². The zero-order valence-electron chi connectivity index (χ0n) is 9.71. The first kappa shape index (κ1) is 15.4. The second-order valence-corrected chi connectivity index (χ2v) is 3.93. The van der Waals surface area contributed by atoms with E-state index in [-0.39, 0.29) is 0 Å². The van der Waals surface area contributed by atoms with Crippen LogP contribution in [0.25, 0.3) is 0 Å². The molecule has 5 nitrogen and oxygen atoms in total. The predicted octanol–water partition coefficient (Wildman–Crippen LogP) is 2.10. The van der Waals surface area contributed by atoms with Crippen molar-refractivity contribution in [3.63, 3.8) is 0 Å². The molecule has 0 aromatic heterocycles. The number of hydrogen-bond acceptors (Lipinski definition) is 4. The third-order valence-corrected chi connectivity index (χ3v) is 1.24. The monoisotopic (exact) mass is 255 g/mol. The quantitative estimate of drug-likeness (QED) is 0.531. The first-order valence-electron chi connectivity index (χ1n) is 4.44. The summed E-state index contributed by atoms with van der Waals surface area (Å²) in [7, 11) is 0.749. The van der Waals surface area contributed by atoms with Gasteiger partial charge in [0.15, 0.2) is 0 Å². The molecule has 0 saturated heterocycles. The first-order valence-corrected chi connectivity index (χ1v) is 4.44. The van der Waals surface area contributed by atoms with Crippen molar-refractivity contribution in [1.82, 2.24) is 0 Å². The molecular formula is C9H12F3NO4. The minimum Gasteiger partial charge on any atom is -0.464 e. The van der Waals surface area contributed by atoms with Gasteiger partial charge in [-0.2, -0.15) is 18.2 Å². The van der Waals surface area contributed by atoms with Crippen LogP contribution in [0.3, 0.4) is 0 Å². The molecule has 0 aromatic carbocycles. The molecule has 8 heteroatoms. The third-order valence-electron chi connectivity index (χ3n) is 1.24. The number of hydrogen-bond donors (Lipinski definition) is 0. The highest BCUT2D eigenvalue weighted by Gasteiger charge is 2.43. The van der Waals surface area contributed by atoms with E-state index < -0.39 is 29.6 Å². The van der Waals surface area contributed by atoms with E-state index in [0.717, 1.165) is 7.11 Å². The Labute approximate surface area is 95.6 Å². The van der Waals surface area contributed by atoms with Crippen LogP contribution in [0.1, 0.15) is 20.8 Å². The number of esters is 1. The van der Waals surface area contributed by atoms with Crippen LogP contribution < -0.4 is 0 Å². The van der Waals surface area contributed by atoms with Crippen LogP contribution in [0, 0.1) is 0 Å². The summed E-state index contributed by atoms with van der Waals surface area (Å²) in [6, 6.07) is 0. The van der Waals surface area contributed by atoms with Crippen LogP contribution >= 0.6 is 0 Å². The fraction of sp³-hybridized carbons (Fsp3) is 0.667. The number of rotatable bonds is 1. The molecule has 0 radical (unpaired) electrons. The Balaban J connectivity index is 5.08. The second kappa shape index (κ2) is 5.15. The molecule has 0 atom stereocenters. The van der Waals surface area contributed by atoms with Gasteiger partial charge in [-0.3, -0.25) is 0 Å². The number of aliphatic imine (C=N–C) groups is 1. The van der Waals surface area contributed by atoms with Gasteiger partial charge in [-0.1, -0.05) is 0 Å². The Morgan fingerprint density at radius 2 is 1.59 bits per heavy atom. The molecule has 0 aromatic rings. The Kier molecular flexibility index (Phi) is 4.67.